The number of aromatic nitrogens is 1. The predicted octanol–water partition coefficient (Wildman–Crippen LogP) is 1.98. The molecule has 1 saturated heterocycles. The molecular formula is C17H25ClN4O. The topological polar surface area (TPSA) is 57.3 Å². The van der Waals surface area contributed by atoms with Gasteiger partial charge >= 0.3 is 0 Å². The molecule has 0 radical (unpaired) electrons. The average molecular weight is 337 g/mol. The number of nitrogens with zero attached hydrogens (tertiary/aromatic N) is 2. The fourth-order valence-corrected chi connectivity index (χ4v) is 4.06. The average Bonchev–Trinajstić information content (AvgIpc) is 2.49. The van der Waals surface area contributed by atoms with Crippen LogP contribution in [0.25, 0.3) is 0 Å². The Morgan fingerprint density at radius 3 is 2.57 bits per heavy atom. The van der Waals surface area contributed by atoms with Crippen LogP contribution < -0.4 is 15.5 Å². The third-order valence-corrected chi connectivity index (χ3v) is 5.57. The van der Waals surface area contributed by atoms with E-state index in [1.807, 2.05) is 18.3 Å². The SMILES string of the molecule is Cl.O=C(NC1CC2(CCC2)C1)c1ccc(N2CCNCC2)cn1. The lowest BCUT2D eigenvalue weighted by Crippen LogP contribution is -2.53. The number of hydrogen-bond acceptors (Lipinski definition) is 4. The molecule has 0 atom stereocenters. The first-order valence-electron chi connectivity index (χ1n) is 8.47. The second-order valence-electron chi connectivity index (χ2n) is 7.07. The van der Waals surface area contributed by atoms with Crippen molar-refractivity contribution >= 4 is 24.0 Å². The predicted molar refractivity (Wildman–Crippen MR) is 93.3 cm³/mol. The summed E-state index contributed by atoms with van der Waals surface area (Å²) in [6.07, 6.45) is 8.24. The second kappa shape index (κ2) is 6.65. The number of carbonyl (C=O) groups is 1. The Morgan fingerprint density at radius 2 is 2.00 bits per heavy atom. The van der Waals surface area contributed by atoms with Crippen LogP contribution in [0, 0.1) is 5.41 Å². The van der Waals surface area contributed by atoms with Gasteiger partial charge in [-0.25, -0.2) is 4.98 Å². The highest BCUT2D eigenvalue weighted by Gasteiger charge is 2.48. The zero-order valence-corrected chi connectivity index (χ0v) is 14.2. The van der Waals surface area contributed by atoms with Crippen molar-refractivity contribution in [1.29, 1.82) is 0 Å². The van der Waals surface area contributed by atoms with Gasteiger partial charge in [-0.05, 0) is 43.2 Å². The van der Waals surface area contributed by atoms with Crippen LogP contribution in [0.4, 0.5) is 5.69 Å². The Kier molecular flexibility index (Phi) is 4.78. The number of carbonyl (C=O) groups excluding carboxylic acids is 1. The van der Waals surface area contributed by atoms with Crippen LogP contribution in [-0.2, 0) is 0 Å². The summed E-state index contributed by atoms with van der Waals surface area (Å²) in [7, 11) is 0. The van der Waals surface area contributed by atoms with E-state index in [0.717, 1.165) is 44.7 Å². The molecule has 1 amide bonds. The van der Waals surface area contributed by atoms with Gasteiger partial charge in [0.2, 0.25) is 0 Å². The second-order valence-corrected chi connectivity index (χ2v) is 7.07. The lowest BCUT2D eigenvalue weighted by Gasteiger charge is -2.54. The van der Waals surface area contributed by atoms with Crippen LogP contribution >= 0.6 is 12.4 Å². The van der Waals surface area contributed by atoms with Gasteiger partial charge in [-0.1, -0.05) is 6.42 Å². The highest BCUT2D eigenvalue weighted by molar-refractivity contribution is 5.92. The van der Waals surface area contributed by atoms with E-state index in [0.29, 0.717) is 17.2 Å². The van der Waals surface area contributed by atoms with Crippen LogP contribution in [-0.4, -0.2) is 43.1 Å². The quantitative estimate of drug-likeness (QED) is 0.886. The summed E-state index contributed by atoms with van der Waals surface area (Å²) in [5.74, 6) is -0.0222. The first kappa shape index (κ1) is 16.5. The summed E-state index contributed by atoms with van der Waals surface area (Å²) < 4.78 is 0. The molecule has 0 bridgehead atoms. The third-order valence-electron chi connectivity index (χ3n) is 5.57. The van der Waals surface area contributed by atoms with Crippen LogP contribution in [0.5, 0.6) is 0 Å². The number of rotatable bonds is 3. The van der Waals surface area contributed by atoms with E-state index in [2.05, 4.69) is 20.5 Å². The van der Waals surface area contributed by atoms with Gasteiger partial charge in [-0.3, -0.25) is 4.79 Å². The van der Waals surface area contributed by atoms with Gasteiger partial charge in [0.15, 0.2) is 0 Å². The number of amides is 1. The molecule has 1 aromatic heterocycles. The van der Waals surface area contributed by atoms with Crippen molar-refractivity contribution in [2.24, 2.45) is 5.41 Å². The highest BCUT2D eigenvalue weighted by atomic mass is 35.5. The van der Waals surface area contributed by atoms with Crippen LogP contribution in [0.15, 0.2) is 18.3 Å². The van der Waals surface area contributed by atoms with Crippen LogP contribution in [0.2, 0.25) is 0 Å². The molecule has 0 unspecified atom stereocenters. The molecule has 126 valence electrons. The minimum atomic E-state index is -0.0222. The van der Waals surface area contributed by atoms with Crippen LogP contribution in [0.3, 0.4) is 0 Å². The smallest absolute Gasteiger partial charge is 0.270 e. The minimum Gasteiger partial charge on any atom is -0.368 e. The molecule has 1 aromatic rings. The number of hydrogen-bond donors (Lipinski definition) is 2. The summed E-state index contributed by atoms with van der Waals surface area (Å²) in [6.45, 7) is 4.01. The minimum absolute atomic E-state index is 0. The zero-order chi connectivity index (χ0) is 15.0. The Morgan fingerprint density at radius 1 is 1.26 bits per heavy atom. The molecular weight excluding hydrogens is 312 g/mol. The summed E-state index contributed by atoms with van der Waals surface area (Å²) in [6, 6.07) is 4.23. The largest absolute Gasteiger partial charge is 0.368 e. The lowest BCUT2D eigenvalue weighted by atomic mass is 9.54. The summed E-state index contributed by atoms with van der Waals surface area (Å²) in [5, 5.41) is 6.47. The monoisotopic (exact) mass is 336 g/mol. The molecule has 2 heterocycles. The molecule has 3 aliphatic rings. The van der Waals surface area contributed by atoms with Crippen molar-refractivity contribution in [3.05, 3.63) is 24.0 Å². The maximum absolute atomic E-state index is 12.3. The summed E-state index contributed by atoms with van der Waals surface area (Å²) in [5.41, 5.74) is 2.24. The van der Waals surface area contributed by atoms with Crippen molar-refractivity contribution in [1.82, 2.24) is 15.6 Å². The summed E-state index contributed by atoms with van der Waals surface area (Å²) >= 11 is 0. The first-order valence-corrected chi connectivity index (χ1v) is 8.47. The van der Waals surface area contributed by atoms with E-state index in [-0.39, 0.29) is 18.3 Å². The number of halogens is 1. The highest BCUT2D eigenvalue weighted by Crippen LogP contribution is 2.55. The fourth-order valence-electron chi connectivity index (χ4n) is 4.06. The maximum atomic E-state index is 12.3. The summed E-state index contributed by atoms with van der Waals surface area (Å²) in [4.78, 5) is 18.9. The van der Waals surface area contributed by atoms with Gasteiger partial charge in [0, 0.05) is 32.2 Å². The van der Waals surface area contributed by atoms with Crippen LogP contribution in [0.1, 0.15) is 42.6 Å². The van der Waals surface area contributed by atoms with Crippen molar-refractivity contribution in [2.45, 2.75) is 38.1 Å². The van der Waals surface area contributed by atoms with E-state index < -0.39 is 0 Å². The third kappa shape index (κ3) is 3.31. The van der Waals surface area contributed by atoms with Gasteiger partial charge in [0.25, 0.3) is 5.91 Å². The maximum Gasteiger partial charge on any atom is 0.270 e. The number of pyridine rings is 1. The van der Waals surface area contributed by atoms with Gasteiger partial charge < -0.3 is 15.5 Å². The first-order chi connectivity index (χ1) is 10.7. The number of anilines is 1. The van der Waals surface area contributed by atoms with Gasteiger partial charge in [0.05, 0.1) is 11.9 Å². The molecule has 2 aliphatic carbocycles. The Balaban J connectivity index is 0.00000156. The standard InChI is InChI=1S/C17H24N4O.ClH/c22-16(20-13-10-17(11-13)4-1-5-17)15-3-2-14(12-19-15)21-8-6-18-7-9-21;/h2-3,12-13,18H,1,4-11H2,(H,20,22);1H. The van der Waals surface area contributed by atoms with E-state index in [9.17, 15) is 4.79 Å². The van der Waals surface area contributed by atoms with Crippen molar-refractivity contribution in [3.63, 3.8) is 0 Å². The molecule has 4 rings (SSSR count). The van der Waals surface area contributed by atoms with Crippen molar-refractivity contribution in [3.8, 4) is 0 Å². The molecule has 0 aromatic carbocycles. The molecule has 2 N–H and O–H groups in total. The molecule has 1 aliphatic heterocycles. The van der Waals surface area contributed by atoms with Crippen molar-refractivity contribution < 1.29 is 4.79 Å². The fraction of sp³-hybridized carbons (Fsp3) is 0.647. The van der Waals surface area contributed by atoms with E-state index in [4.69, 9.17) is 0 Å². The molecule has 3 fully saturated rings. The number of piperazine rings is 1. The Hall–Kier alpha value is -1.33. The normalized spacial score (nSPS) is 22.7. The molecule has 2 saturated carbocycles. The molecule has 23 heavy (non-hydrogen) atoms. The Labute approximate surface area is 143 Å². The molecule has 6 heteroatoms. The Bertz CT molecular complexity index is 544. The van der Waals surface area contributed by atoms with Gasteiger partial charge in [-0.15, -0.1) is 12.4 Å². The molecule has 5 nitrogen and oxygen atoms in total. The number of nitrogens with one attached hydrogen (secondary N) is 2. The van der Waals surface area contributed by atoms with Gasteiger partial charge in [-0.2, -0.15) is 0 Å². The van der Waals surface area contributed by atoms with Gasteiger partial charge in [0.1, 0.15) is 5.69 Å². The lowest BCUT2D eigenvalue weighted by molar-refractivity contribution is -0.000699. The van der Waals surface area contributed by atoms with E-state index in [1.165, 1.54) is 19.3 Å². The zero-order valence-electron chi connectivity index (χ0n) is 13.4. The molecule has 1 spiro atoms. The van der Waals surface area contributed by atoms with E-state index >= 15 is 0 Å². The van der Waals surface area contributed by atoms with E-state index in [1.54, 1.807) is 0 Å². The van der Waals surface area contributed by atoms with Crippen molar-refractivity contribution in [2.75, 3.05) is 31.1 Å².